The maximum absolute atomic E-state index is 4.24. The summed E-state index contributed by atoms with van der Waals surface area (Å²) in [6.45, 7) is 5.54. The predicted molar refractivity (Wildman–Crippen MR) is 43.2 cm³/mol. The Morgan fingerprint density at radius 1 is 1.73 bits per heavy atom. The third-order valence-corrected chi connectivity index (χ3v) is 2.30. The van der Waals surface area contributed by atoms with Gasteiger partial charge in [-0.1, -0.05) is 6.92 Å². The van der Waals surface area contributed by atoms with Crippen LogP contribution in [0.15, 0.2) is 6.33 Å². The van der Waals surface area contributed by atoms with E-state index in [9.17, 15) is 0 Å². The van der Waals surface area contributed by atoms with Gasteiger partial charge in [-0.25, -0.2) is 4.98 Å². The number of imidazole rings is 1. The minimum Gasteiger partial charge on any atom is -0.347 e. The van der Waals surface area contributed by atoms with Gasteiger partial charge in [0.2, 0.25) is 0 Å². The number of rotatable bonds is 1. The summed E-state index contributed by atoms with van der Waals surface area (Å²) in [6.07, 6.45) is 2.90. The fourth-order valence-corrected chi connectivity index (χ4v) is 1.54. The zero-order valence-electron chi connectivity index (χ0n) is 6.80. The molecular formula is C8H13N3. The van der Waals surface area contributed by atoms with Crippen LogP contribution >= 0.6 is 0 Å². The molecule has 1 aliphatic rings. The molecule has 1 N–H and O–H groups in total. The summed E-state index contributed by atoms with van der Waals surface area (Å²) >= 11 is 0. The van der Waals surface area contributed by atoms with Crippen LogP contribution < -0.4 is 0 Å². The van der Waals surface area contributed by atoms with Crippen molar-refractivity contribution in [2.75, 3.05) is 13.1 Å². The van der Waals surface area contributed by atoms with Crippen molar-refractivity contribution in [3.05, 3.63) is 17.7 Å². The molecule has 0 atom stereocenters. The first-order valence-electron chi connectivity index (χ1n) is 4.13. The van der Waals surface area contributed by atoms with Crippen LogP contribution in [0.5, 0.6) is 0 Å². The third kappa shape index (κ3) is 1.16. The van der Waals surface area contributed by atoms with Crippen LogP contribution in [-0.2, 0) is 13.0 Å². The second kappa shape index (κ2) is 2.66. The Bertz CT molecular complexity index is 241. The van der Waals surface area contributed by atoms with Crippen molar-refractivity contribution >= 4 is 0 Å². The van der Waals surface area contributed by atoms with Crippen molar-refractivity contribution in [2.45, 2.75) is 19.9 Å². The molecule has 0 aliphatic carbocycles. The highest BCUT2D eigenvalue weighted by Crippen LogP contribution is 2.13. The van der Waals surface area contributed by atoms with E-state index in [0.717, 1.165) is 26.1 Å². The summed E-state index contributed by atoms with van der Waals surface area (Å²) in [5.74, 6) is 0. The molecule has 0 saturated heterocycles. The molecule has 1 aromatic rings. The minimum absolute atomic E-state index is 1.05. The zero-order chi connectivity index (χ0) is 7.68. The van der Waals surface area contributed by atoms with Crippen LogP contribution in [0.2, 0.25) is 0 Å². The number of H-pyrrole nitrogens is 1. The van der Waals surface area contributed by atoms with Crippen molar-refractivity contribution in [3.63, 3.8) is 0 Å². The molecule has 1 aliphatic heterocycles. The predicted octanol–water partition coefficient (Wildman–Crippen LogP) is 0.788. The summed E-state index contributed by atoms with van der Waals surface area (Å²) < 4.78 is 0. The number of nitrogens with zero attached hydrogens (tertiary/aromatic N) is 2. The molecule has 60 valence electrons. The minimum atomic E-state index is 1.05. The van der Waals surface area contributed by atoms with Crippen molar-refractivity contribution in [2.24, 2.45) is 0 Å². The van der Waals surface area contributed by atoms with Gasteiger partial charge in [0.15, 0.2) is 0 Å². The molecule has 2 heterocycles. The van der Waals surface area contributed by atoms with Gasteiger partial charge in [-0.2, -0.15) is 0 Å². The van der Waals surface area contributed by atoms with Crippen molar-refractivity contribution < 1.29 is 0 Å². The van der Waals surface area contributed by atoms with E-state index in [2.05, 4.69) is 21.8 Å². The molecule has 0 aromatic carbocycles. The van der Waals surface area contributed by atoms with Gasteiger partial charge in [0, 0.05) is 19.5 Å². The van der Waals surface area contributed by atoms with E-state index >= 15 is 0 Å². The Kier molecular flexibility index (Phi) is 1.66. The lowest BCUT2D eigenvalue weighted by atomic mass is 10.1. The number of hydrogen-bond donors (Lipinski definition) is 1. The Hall–Kier alpha value is -0.830. The van der Waals surface area contributed by atoms with E-state index in [1.807, 2.05) is 0 Å². The lowest BCUT2D eigenvalue weighted by Crippen LogP contribution is -2.30. The third-order valence-electron chi connectivity index (χ3n) is 2.30. The lowest BCUT2D eigenvalue weighted by molar-refractivity contribution is 0.264. The van der Waals surface area contributed by atoms with E-state index < -0.39 is 0 Å². The van der Waals surface area contributed by atoms with Crippen LogP contribution in [0.1, 0.15) is 18.3 Å². The number of fused-ring (bicyclic) bond motifs is 1. The summed E-state index contributed by atoms with van der Waals surface area (Å²) in [6, 6.07) is 0. The Balaban J connectivity index is 2.18. The first-order valence-corrected chi connectivity index (χ1v) is 4.13. The monoisotopic (exact) mass is 151 g/mol. The van der Waals surface area contributed by atoms with E-state index in [1.165, 1.54) is 11.4 Å². The molecule has 0 bridgehead atoms. The highest BCUT2D eigenvalue weighted by atomic mass is 15.1. The van der Waals surface area contributed by atoms with E-state index in [4.69, 9.17) is 0 Å². The number of aromatic amines is 1. The number of aromatic nitrogens is 2. The maximum atomic E-state index is 4.24. The fourth-order valence-electron chi connectivity index (χ4n) is 1.54. The van der Waals surface area contributed by atoms with Gasteiger partial charge in [0.25, 0.3) is 0 Å². The van der Waals surface area contributed by atoms with Crippen molar-refractivity contribution in [1.82, 2.24) is 14.9 Å². The molecule has 0 saturated carbocycles. The lowest BCUT2D eigenvalue weighted by Gasteiger charge is -2.23. The average molecular weight is 151 g/mol. The first-order chi connectivity index (χ1) is 5.40. The Morgan fingerprint density at radius 3 is 3.45 bits per heavy atom. The molecule has 3 heteroatoms. The molecule has 2 rings (SSSR count). The summed E-state index contributed by atoms with van der Waals surface area (Å²) in [4.78, 5) is 9.83. The van der Waals surface area contributed by atoms with Crippen molar-refractivity contribution in [1.29, 1.82) is 0 Å². The van der Waals surface area contributed by atoms with E-state index in [0.29, 0.717) is 0 Å². The van der Waals surface area contributed by atoms with Gasteiger partial charge in [-0.05, 0) is 6.54 Å². The van der Waals surface area contributed by atoms with E-state index in [-0.39, 0.29) is 0 Å². The molecule has 3 nitrogen and oxygen atoms in total. The summed E-state index contributed by atoms with van der Waals surface area (Å²) in [7, 11) is 0. The number of nitrogens with one attached hydrogen (secondary N) is 1. The number of likely N-dealkylation sites (N-methyl/N-ethyl adjacent to an activating group) is 1. The smallest absolute Gasteiger partial charge is 0.0925 e. The Morgan fingerprint density at radius 2 is 2.64 bits per heavy atom. The van der Waals surface area contributed by atoms with Crippen LogP contribution in [0.25, 0.3) is 0 Å². The summed E-state index contributed by atoms with van der Waals surface area (Å²) in [5, 5.41) is 0. The van der Waals surface area contributed by atoms with Crippen molar-refractivity contribution in [3.8, 4) is 0 Å². The maximum Gasteiger partial charge on any atom is 0.0925 e. The molecule has 0 fully saturated rings. The second-order valence-electron chi connectivity index (χ2n) is 2.95. The molecule has 0 spiro atoms. The standard InChI is InChI=1S/C8H13N3/c1-2-11-4-3-7-8(5-11)10-6-9-7/h6H,2-5H2,1H3,(H,9,10). The van der Waals surface area contributed by atoms with Gasteiger partial charge < -0.3 is 4.98 Å². The van der Waals surface area contributed by atoms with Crippen LogP contribution in [0, 0.1) is 0 Å². The Labute approximate surface area is 66.4 Å². The highest BCUT2D eigenvalue weighted by molar-refractivity contribution is 5.13. The molecule has 0 radical (unpaired) electrons. The van der Waals surface area contributed by atoms with Gasteiger partial charge >= 0.3 is 0 Å². The summed E-state index contributed by atoms with van der Waals surface area (Å²) in [5.41, 5.74) is 2.56. The average Bonchev–Trinajstić information content (AvgIpc) is 2.50. The molecule has 0 unspecified atom stereocenters. The molecular weight excluding hydrogens is 138 g/mol. The van der Waals surface area contributed by atoms with E-state index in [1.54, 1.807) is 6.33 Å². The van der Waals surface area contributed by atoms with Crippen LogP contribution in [0.4, 0.5) is 0 Å². The zero-order valence-corrected chi connectivity index (χ0v) is 6.80. The highest BCUT2D eigenvalue weighted by Gasteiger charge is 2.15. The van der Waals surface area contributed by atoms with Crippen LogP contribution in [-0.4, -0.2) is 28.0 Å². The molecule has 11 heavy (non-hydrogen) atoms. The molecule has 1 aromatic heterocycles. The largest absolute Gasteiger partial charge is 0.347 e. The SMILES string of the molecule is CCN1CCc2nc[nH]c2C1. The molecule has 0 amide bonds. The quantitative estimate of drug-likeness (QED) is 0.643. The van der Waals surface area contributed by atoms with Gasteiger partial charge in [-0.3, -0.25) is 4.90 Å². The topological polar surface area (TPSA) is 31.9 Å². The first kappa shape index (κ1) is 6.85. The normalized spacial score (nSPS) is 18.3. The van der Waals surface area contributed by atoms with Gasteiger partial charge in [-0.15, -0.1) is 0 Å². The van der Waals surface area contributed by atoms with Gasteiger partial charge in [0.1, 0.15) is 0 Å². The van der Waals surface area contributed by atoms with Crippen LogP contribution in [0.3, 0.4) is 0 Å². The fraction of sp³-hybridized carbons (Fsp3) is 0.625. The van der Waals surface area contributed by atoms with Gasteiger partial charge in [0.05, 0.1) is 17.7 Å². The second-order valence-corrected chi connectivity index (χ2v) is 2.95. The number of hydrogen-bond acceptors (Lipinski definition) is 2.